The lowest BCUT2D eigenvalue weighted by atomic mass is 10.0. The van der Waals surface area contributed by atoms with Gasteiger partial charge in [0, 0.05) is 60.1 Å². The van der Waals surface area contributed by atoms with E-state index in [2.05, 4.69) is 20.4 Å². The second-order valence-corrected chi connectivity index (χ2v) is 9.52. The van der Waals surface area contributed by atoms with Crippen LogP contribution in [0.3, 0.4) is 0 Å². The third-order valence-corrected chi connectivity index (χ3v) is 6.93. The van der Waals surface area contributed by atoms with Crippen molar-refractivity contribution in [1.29, 1.82) is 0 Å². The van der Waals surface area contributed by atoms with Gasteiger partial charge in [0.25, 0.3) is 11.8 Å². The van der Waals surface area contributed by atoms with Crippen LogP contribution >= 0.6 is 0 Å². The van der Waals surface area contributed by atoms with Crippen molar-refractivity contribution in [3.05, 3.63) is 107 Å². The van der Waals surface area contributed by atoms with Gasteiger partial charge in [0.15, 0.2) is 5.78 Å². The van der Waals surface area contributed by atoms with Gasteiger partial charge in [0.2, 0.25) is 0 Å². The molecule has 39 heavy (non-hydrogen) atoms. The topological polar surface area (TPSA) is 119 Å². The molecule has 4 aromatic rings. The van der Waals surface area contributed by atoms with Crippen molar-refractivity contribution in [3.8, 4) is 0 Å². The summed E-state index contributed by atoms with van der Waals surface area (Å²) < 4.78 is 0. The van der Waals surface area contributed by atoms with Crippen molar-refractivity contribution < 1.29 is 19.5 Å². The molecule has 1 aliphatic heterocycles. The molecule has 198 valence electrons. The second kappa shape index (κ2) is 11.3. The Morgan fingerprint density at radius 1 is 0.872 bits per heavy atom. The molecule has 0 atom stereocenters. The molecule has 0 unspecified atom stereocenters. The number of benzene rings is 3. The Balaban J connectivity index is 1.18. The fraction of sp³-hybridized carbons (Fsp3) is 0.200. The lowest BCUT2D eigenvalue weighted by Gasteiger charge is -2.31. The number of carbonyl (C=O) groups excluding carboxylic acids is 3. The Morgan fingerprint density at radius 3 is 2.05 bits per heavy atom. The van der Waals surface area contributed by atoms with Crippen LogP contribution in [0.2, 0.25) is 0 Å². The van der Waals surface area contributed by atoms with E-state index < -0.39 is 0 Å². The zero-order valence-electron chi connectivity index (χ0n) is 21.5. The zero-order valence-corrected chi connectivity index (χ0v) is 21.5. The van der Waals surface area contributed by atoms with Gasteiger partial charge in [-0.15, -0.1) is 0 Å². The van der Waals surface area contributed by atoms with Crippen LogP contribution in [0.25, 0.3) is 0 Å². The summed E-state index contributed by atoms with van der Waals surface area (Å²) in [6.07, 6.45) is 4.25. The number of anilines is 3. The molecule has 3 N–H and O–H groups in total. The number of rotatable bonds is 7. The number of aliphatic hydroxyl groups excluding tert-OH is 1. The van der Waals surface area contributed by atoms with Crippen LogP contribution in [0.5, 0.6) is 0 Å². The van der Waals surface area contributed by atoms with Crippen molar-refractivity contribution in [2.24, 2.45) is 0 Å². The average Bonchev–Trinajstić information content (AvgIpc) is 3.52. The molecule has 3 aromatic carbocycles. The molecule has 9 nitrogen and oxygen atoms in total. The minimum absolute atomic E-state index is 0.163. The zero-order chi connectivity index (χ0) is 27.4. The van der Waals surface area contributed by atoms with Gasteiger partial charge in [-0.1, -0.05) is 0 Å². The van der Waals surface area contributed by atoms with Gasteiger partial charge >= 0.3 is 0 Å². The highest BCUT2D eigenvalue weighted by Crippen LogP contribution is 2.22. The number of ketones is 1. The van der Waals surface area contributed by atoms with Crippen LogP contribution in [-0.4, -0.2) is 59.1 Å². The predicted octanol–water partition coefficient (Wildman–Crippen LogP) is 4.13. The largest absolute Gasteiger partial charge is 0.393 e. The third kappa shape index (κ3) is 5.89. The van der Waals surface area contributed by atoms with E-state index in [1.54, 1.807) is 67.7 Å². The van der Waals surface area contributed by atoms with E-state index in [-0.39, 0.29) is 23.7 Å². The number of aromatic amines is 1. The van der Waals surface area contributed by atoms with Crippen molar-refractivity contribution in [1.82, 2.24) is 10.2 Å². The molecule has 5 rings (SSSR count). The number of amides is 2. The summed E-state index contributed by atoms with van der Waals surface area (Å²) in [6, 6.07) is 21.0. The quantitative estimate of drug-likeness (QED) is 0.314. The molecule has 0 radical (unpaired) electrons. The molecule has 1 aliphatic rings. The molecular weight excluding hydrogens is 494 g/mol. The predicted molar refractivity (Wildman–Crippen MR) is 149 cm³/mol. The Hall–Kier alpha value is -4.76. The first-order chi connectivity index (χ1) is 18.9. The number of piperidine rings is 1. The van der Waals surface area contributed by atoms with E-state index in [1.807, 2.05) is 12.1 Å². The maximum absolute atomic E-state index is 13.0. The van der Waals surface area contributed by atoms with Crippen LogP contribution < -0.4 is 15.1 Å². The Morgan fingerprint density at radius 2 is 1.46 bits per heavy atom. The van der Waals surface area contributed by atoms with Crippen LogP contribution in [0.15, 0.2) is 85.2 Å². The smallest absolute Gasteiger partial charge is 0.261 e. The molecule has 2 amide bonds. The van der Waals surface area contributed by atoms with Crippen molar-refractivity contribution in [2.45, 2.75) is 18.9 Å². The van der Waals surface area contributed by atoms with E-state index in [0.29, 0.717) is 33.6 Å². The van der Waals surface area contributed by atoms with E-state index in [9.17, 15) is 19.5 Å². The first-order valence-corrected chi connectivity index (χ1v) is 12.7. The molecule has 0 saturated carbocycles. The highest BCUT2D eigenvalue weighted by Gasteiger charge is 2.18. The lowest BCUT2D eigenvalue weighted by molar-refractivity contribution is 0.0990. The highest BCUT2D eigenvalue weighted by atomic mass is 16.3. The monoisotopic (exact) mass is 523 g/mol. The molecule has 1 fully saturated rings. The number of hydrogen-bond donors (Lipinski definition) is 3. The fourth-order valence-electron chi connectivity index (χ4n) is 4.54. The summed E-state index contributed by atoms with van der Waals surface area (Å²) >= 11 is 0. The maximum Gasteiger partial charge on any atom is 0.261 e. The summed E-state index contributed by atoms with van der Waals surface area (Å²) in [6.45, 7) is 1.59. The molecule has 9 heteroatoms. The summed E-state index contributed by atoms with van der Waals surface area (Å²) in [7, 11) is 1.66. The van der Waals surface area contributed by atoms with Crippen LogP contribution in [0.4, 0.5) is 17.1 Å². The number of H-pyrrole nitrogens is 1. The average molecular weight is 524 g/mol. The van der Waals surface area contributed by atoms with E-state index in [1.165, 1.54) is 17.3 Å². The summed E-state index contributed by atoms with van der Waals surface area (Å²) in [5.41, 5.74) is 4.22. The van der Waals surface area contributed by atoms with Gasteiger partial charge in [-0.3, -0.25) is 19.5 Å². The fourth-order valence-corrected chi connectivity index (χ4v) is 4.54. The molecule has 2 heterocycles. The van der Waals surface area contributed by atoms with Gasteiger partial charge in [-0.25, -0.2) is 0 Å². The van der Waals surface area contributed by atoms with E-state index in [4.69, 9.17) is 0 Å². The number of hydrogen-bond acceptors (Lipinski definition) is 6. The first-order valence-electron chi connectivity index (χ1n) is 12.7. The van der Waals surface area contributed by atoms with Crippen LogP contribution in [0.1, 0.15) is 49.5 Å². The lowest BCUT2D eigenvalue weighted by Crippen LogP contribution is -2.35. The molecule has 1 saturated heterocycles. The van der Waals surface area contributed by atoms with E-state index >= 15 is 0 Å². The number of aliphatic hydroxyl groups is 1. The van der Waals surface area contributed by atoms with Gasteiger partial charge in [0.05, 0.1) is 17.9 Å². The normalized spacial score (nSPS) is 13.6. The van der Waals surface area contributed by atoms with Gasteiger partial charge in [-0.2, -0.15) is 5.10 Å². The molecule has 0 bridgehead atoms. The van der Waals surface area contributed by atoms with Gasteiger partial charge in [0.1, 0.15) is 0 Å². The van der Waals surface area contributed by atoms with E-state index in [0.717, 1.165) is 31.6 Å². The Bertz CT molecular complexity index is 1440. The number of nitrogens with zero attached hydrogens (tertiary/aromatic N) is 3. The molecule has 0 aliphatic carbocycles. The maximum atomic E-state index is 13.0. The first kappa shape index (κ1) is 25.9. The highest BCUT2D eigenvalue weighted by molar-refractivity contribution is 6.10. The minimum Gasteiger partial charge on any atom is -0.393 e. The number of carbonyl (C=O) groups is 3. The van der Waals surface area contributed by atoms with Gasteiger partial charge < -0.3 is 20.2 Å². The molecule has 0 spiro atoms. The minimum atomic E-state index is -0.237. The SMILES string of the molecule is CN(C(=O)c1cn[nH]c1)c1ccc(C(=O)c2ccc(NC(=O)c3ccc(N4CCC(O)CC4)cc3)cc2)cc1. The van der Waals surface area contributed by atoms with Crippen LogP contribution in [0, 0.1) is 0 Å². The number of nitrogens with one attached hydrogen (secondary N) is 2. The molecule has 1 aromatic heterocycles. The summed E-state index contributed by atoms with van der Waals surface area (Å²) in [5.74, 6) is -0.609. The Kier molecular flexibility index (Phi) is 7.51. The summed E-state index contributed by atoms with van der Waals surface area (Å²) in [5, 5.41) is 19.0. The van der Waals surface area contributed by atoms with Gasteiger partial charge in [-0.05, 0) is 85.6 Å². The Labute approximate surface area is 226 Å². The number of aromatic nitrogens is 2. The third-order valence-electron chi connectivity index (χ3n) is 6.93. The molecular formula is C30H29N5O4. The summed E-state index contributed by atoms with van der Waals surface area (Å²) in [4.78, 5) is 41.9. The standard InChI is InChI=1S/C30H29N5O4/c1-34(30(39)23-18-31-32-19-23)25-10-4-21(5-11-25)28(37)20-2-8-24(9-3-20)33-29(38)22-6-12-26(13-7-22)35-16-14-27(36)15-17-35/h2-13,18-19,27,36H,14-17H2,1H3,(H,31,32)(H,33,38). The second-order valence-electron chi connectivity index (χ2n) is 9.52. The van der Waals surface area contributed by atoms with Crippen molar-refractivity contribution >= 4 is 34.7 Å². The van der Waals surface area contributed by atoms with Crippen LogP contribution in [-0.2, 0) is 0 Å². The van der Waals surface area contributed by atoms with Crippen molar-refractivity contribution in [3.63, 3.8) is 0 Å². The van der Waals surface area contributed by atoms with Crippen molar-refractivity contribution in [2.75, 3.05) is 35.3 Å².